The first-order chi connectivity index (χ1) is 13.8. The molecule has 3 aromatic rings. The van der Waals surface area contributed by atoms with Crippen molar-refractivity contribution in [3.8, 4) is 0 Å². The average Bonchev–Trinajstić information content (AvgIpc) is 3.08. The number of carbonyl (C=O) groups is 2. The van der Waals surface area contributed by atoms with Crippen molar-refractivity contribution in [2.75, 3.05) is 10.6 Å². The number of primary amides is 2. The third kappa shape index (κ3) is 5.05. The van der Waals surface area contributed by atoms with Crippen LogP contribution in [0, 0.1) is 12.7 Å². The molecule has 3 rings (SSSR count). The van der Waals surface area contributed by atoms with Crippen LogP contribution >= 0.6 is 11.5 Å². The van der Waals surface area contributed by atoms with Crippen molar-refractivity contribution in [1.82, 2.24) is 9.36 Å². The van der Waals surface area contributed by atoms with Crippen molar-refractivity contribution in [1.29, 1.82) is 0 Å². The molecule has 10 heteroatoms. The monoisotopic (exact) mass is 414 g/mol. The van der Waals surface area contributed by atoms with Gasteiger partial charge in [0.25, 0.3) is 5.91 Å². The number of amides is 2. The van der Waals surface area contributed by atoms with Gasteiger partial charge in [-0.2, -0.15) is 4.37 Å². The molecule has 2 aromatic heterocycles. The summed E-state index contributed by atoms with van der Waals surface area (Å²) in [6, 6.07) is 8.53. The lowest BCUT2D eigenvalue weighted by atomic mass is 10.1. The summed E-state index contributed by atoms with van der Waals surface area (Å²) in [5, 5.41) is 6.47. The van der Waals surface area contributed by atoms with Crippen molar-refractivity contribution in [2.24, 2.45) is 11.5 Å². The molecule has 0 radical (unpaired) electrons. The first-order valence-electron chi connectivity index (χ1n) is 8.63. The number of nitrogens with two attached hydrogens (primary N) is 2. The van der Waals surface area contributed by atoms with E-state index < -0.39 is 23.7 Å². The number of pyridine rings is 1. The third-order valence-corrected chi connectivity index (χ3v) is 4.87. The van der Waals surface area contributed by atoms with Gasteiger partial charge in [-0.05, 0) is 48.8 Å². The fourth-order valence-corrected chi connectivity index (χ4v) is 3.36. The number of carbonyl (C=O) groups excluding carboxylic acids is 2. The molecule has 2 amide bonds. The van der Waals surface area contributed by atoms with E-state index in [1.165, 1.54) is 17.6 Å². The highest BCUT2D eigenvalue weighted by atomic mass is 32.1. The van der Waals surface area contributed by atoms with Crippen LogP contribution in [-0.2, 0) is 11.2 Å². The third-order valence-electron chi connectivity index (χ3n) is 4.07. The zero-order valence-corrected chi connectivity index (χ0v) is 16.3. The predicted molar refractivity (Wildman–Crippen MR) is 110 cm³/mol. The molecule has 0 fully saturated rings. The van der Waals surface area contributed by atoms with Gasteiger partial charge in [0, 0.05) is 18.3 Å². The molecule has 150 valence electrons. The highest BCUT2D eigenvalue weighted by molar-refractivity contribution is 7.10. The van der Waals surface area contributed by atoms with E-state index in [0.717, 1.165) is 11.8 Å². The number of hydrogen-bond donors (Lipinski definition) is 4. The molecule has 1 aromatic carbocycles. The molecule has 0 bridgehead atoms. The predicted octanol–water partition coefficient (Wildman–Crippen LogP) is 2.34. The van der Waals surface area contributed by atoms with Crippen LogP contribution in [0.5, 0.6) is 0 Å². The Morgan fingerprint density at radius 1 is 1.21 bits per heavy atom. The van der Waals surface area contributed by atoms with Crippen LogP contribution in [-0.4, -0.2) is 27.2 Å². The molecule has 0 saturated heterocycles. The zero-order chi connectivity index (χ0) is 21.0. The van der Waals surface area contributed by atoms with E-state index >= 15 is 0 Å². The first-order valence-corrected chi connectivity index (χ1v) is 9.40. The Bertz CT molecular complexity index is 1040. The van der Waals surface area contributed by atoms with E-state index in [1.54, 1.807) is 30.5 Å². The lowest BCUT2D eigenvalue weighted by molar-refractivity contribution is -0.118. The number of benzene rings is 1. The van der Waals surface area contributed by atoms with Crippen molar-refractivity contribution >= 4 is 39.7 Å². The smallest absolute Gasteiger partial charge is 0.250 e. The summed E-state index contributed by atoms with van der Waals surface area (Å²) < 4.78 is 18.8. The topological polar surface area (TPSA) is 136 Å². The Morgan fingerprint density at radius 2 is 2.00 bits per heavy atom. The second-order valence-corrected chi connectivity index (χ2v) is 7.13. The average molecular weight is 414 g/mol. The SMILES string of the molecule is Cc1cc(Nc2cc(NC(Cc3ccccn3)C(N)=O)c(F)cc2C(N)=O)sn1. The number of rotatable bonds is 8. The molecule has 0 saturated carbocycles. The maximum Gasteiger partial charge on any atom is 0.250 e. The second kappa shape index (κ2) is 8.65. The quantitative estimate of drug-likeness (QED) is 0.447. The molecular formula is C19H19FN6O2S. The van der Waals surface area contributed by atoms with E-state index in [-0.39, 0.29) is 23.4 Å². The molecule has 2 heterocycles. The Morgan fingerprint density at radius 3 is 2.59 bits per heavy atom. The molecule has 0 spiro atoms. The van der Waals surface area contributed by atoms with E-state index in [9.17, 15) is 14.0 Å². The van der Waals surface area contributed by atoms with Gasteiger partial charge in [0.15, 0.2) is 0 Å². The van der Waals surface area contributed by atoms with Crippen LogP contribution in [0.25, 0.3) is 0 Å². The summed E-state index contributed by atoms with van der Waals surface area (Å²) in [5.74, 6) is -2.20. The molecular weight excluding hydrogens is 395 g/mol. The van der Waals surface area contributed by atoms with Gasteiger partial charge in [-0.1, -0.05) is 6.07 Å². The minimum Gasteiger partial charge on any atom is -0.371 e. The van der Waals surface area contributed by atoms with Gasteiger partial charge in [0.2, 0.25) is 5.91 Å². The van der Waals surface area contributed by atoms with Crippen LogP contribution in [0.3, 0.4) is 0 Å². The van der Waals surface area contributed by atoms with Crippen LogP contribution in [0.15, 0.2) is 42.6 Å². The van der Waals surface area contributed by atoms with E-state index in [0.29, 0.717) is 10.7 Å². The van der Waals surface area contributed by atoms with Crippen molar-refractivity contribution < 1.29 is 14.0 Å². The minimum atomic E-state index is -0.905. The van der Waals surface area contributed by atoms with Crippen LogP contribution < -0.4 is 22.1 Å². The Balaban J connectivity index is 1.91. The molecule has 29 heavy (non-hydrogen) atoms. The van der Waals surface area contributed by atoms with Crippen molar-refractivity contribution in [3.63, 3.8) is 0 Å². The van der Waals surface area contributed by atoms with Crippen molar-refractivity contribution in [3.05, 3.63) is 65.4 Å². The number of halogens is 1. The van der Waals surface area contributed by atoms with E-state index in [2.05, 4.69) is 20.0 Å². The van der Waals surface area contributed by atoms with Gasteiger partial charge in [-0.15, -0.1) is 0 Å². The highest BCUT2D eigenvalue weighted by Crippen LogP contribution is 2.29. The standard InChI is InChI=1S/C19H19FN6O2S/c1-10-6-17(29-26-10)25-14-9-15(13(20)8-12(14)18(21)27)24-16(19(22)28)7-11-4-2-3-5-23-11/h2-6,8-9,16,24-25H,7H2,1H3,(H2,21,27)(H2,22,28). The number of hydrogen-bond acceptors (Lipinski definition) is 7. The van der Waals surface area contributed by atoms with Crippen LogP contribution in [0.4, 0.5) is 20.8 Å². The van der Waals surface area contributed by atoms with Gasteiger partial charge >= 0.3 is 0 Å². The number of anilines is 3. The fraction of sp³-hybridized carbons (Fsp3) is 0.158. The largest absolute Gasteiger partial charge is 0.371 e. The number of aromatic nitrogens is 2. The zero-order valence-electron chi connectivity index (χ0n) is 15.5. The summed E-state index contributed by atoms with van der Waals surface area (Å²) >= 11 is 1.19. The molecule has 1 atom stereocenters. The van der Waals surface area contributed by atoms with Crippen molar-refractivity contribution in [2.45, 2.75) is 19.4 Å². The van der Waals surface area contributed by atoms with E-state index in [1.807, 2.05) is 6.92 Å². The summed E-state index contributed by atoms with van der Waals surface area (Å²) in [6.07, 6.45) is 1.76. The second-order valence-electron chi connectivity index (χ2n) is 6.32. The van der Waals surface area contributed by atoms with Gasteiger partial charge in [-0.25, -0.2) is 4.39 Å². The Kier molecular flexibility index (Phi) is 6.03. The van der Waals surface area contributed by atoms with E-state index in [4.69, 9.17) is 11.5 Å². The lowest BCUT2D eigenvalue weighted by Gasteiger charge is -2.19. The van der Waals surface area contributed by atoms with Crippen LogP contribution in [0.1, 0.15) is 21.7 Å². The minimum absolute atomic E-state index is 0.00142. The Hall–Kier alpha value is -3.53. The maximum absolute atomic E-state index is 14.6. The molecule has 8 nitrogen and oxygen atoms in total. The summed E-state index contributed by atoms with van der Waals surface area (Å²) in [6.45, 7) is 1.82. The normalized spacial score (nSPS) is 11.7. The molecule has 0 aliphatic rings. The molecule has 1 unspecified atom stereocenters. The molecule has 6 N–H and O–H groups in total. The lowest BCUT2D eigenvalue weighted by Crippen LogP contribution is -2.37. The summed E-state index contributed by atoms with van der Waals surface area (Å²) in [5.41, 5.74) is 12.5. The van der Waals surface area contributed by atoms with Gasteiger partial charge in [0.1, 0.15) is 16.9 Å². The first kappa shape index (κ1) is 20.2. The van der Waals surface area contributed by atoms with Gasteiger partial charge in [-0.3, -0.25) is 14.6 Å². The van der Waals surface area contributed by atoms with Crippen LogP contribution in [0.2, 0.25) is 0 Å². The summed E-state index contributed by atoms with van der Waals surface area (Å²) in [7, 11) is 0. The van der Waals surface area contributed by atoms with Gasteiger partial charge < -0.3 is 22.1 Å². The molecule has 0 aliphatic heterocycles. The van der Waals surface area contributed by atoms with Gasteiger partial charge in [0.05, 0.1) is 22.6 Å². The highest BCUT2D eigenvalue weighted by Gasteiger charge is 2.21. The Labute approximate surface area is 170 Å². The number of nitrogens with one attached hydrogen (secondary N) is 2. The molecule has 0 aliphatic carbocycles. The maximum atomic E-state index is 14.6. The summed E-state index contributed by atoms with van der Waals surface area (Å²) in [4.78, 5) is 27.8. The number of nitrogens with zero attached hydrogens (tertiary/aromatic N) is 2. The fourth-order valence-electron chi connectivity index (χ4n) is 2.68. The number of aryl methyl sites for hydroxylation is 1.